The minimum Gasteiger partial charge on any atom is -0.378 e. The van der Waals surface area contributed by atoms with Crippen molar-refractivity contribution in [3.63, 3.8) is 0 Å². The van der Waals surface area contributed by atoms with Crippen molar-refractivity contribution in [3.8, 4) is 6.07 Å². The average Bonchev–Trinajstić information content (AvgIpc) is 2.42. The van der Waals surface area contributed by atoms with E-state index < -0.39 is 5.82 Å². The van der Waals surface area contributed by atoms with Crippen LogP contribution in [-0.4, -0.2) is 0 Å². The molecule has 102 valence electrons. The van der Waals surface area contributed by atoms with E-state index in [9.17, 15) is 4.39 Å². The Morgan fingerprint density at radius 1 is 1.15 bits per heavy atom. The second-order valence-corrected chi connectivity index (χ2v) is 5.16. The molecule has 2 aromatic rings. The van der Waals surface area contributed by atoms with Crippen molar-refractivity contribution in [2.45, 2.75) is 13.0 Å². The first-order valence-corrected chi connectivity index (χ1v) is 6.68. The summed E-state index contributed by atoms with van der Waals surface area (Å²) in [7, 11) is 0. The molecule has 1 unspecified atom stereocenters. The van der Waals surface area contributed by atoms with Crippen LogP contribution in [0.2, 0.25) is 10.0 Å². The maximum Gasteiger partial charge on any atom is 0.141 e. The summed E-state index contributed by atoms with van der Waals surface area (Å²) < 4.78 is 13.1. The summed E-state index contributed by atoms with van der Waals surface area (Å²) >= 11 is 11.7. The maximum atomic E-state index is 13.1. The van der Waals surface area contributed by atoms with E-state index in [1.807, 2.05) is 13.0 Å². The number of nitrogens with zero attached hydrogens (tertiary/aromatic N) is 1. The van der Waals surface area contributed by atoms with Gasteiger partial charge < -0.3 is 5.32 Å². The van der Waals surface area contributed by atoms with E-state index in [0.717, 1.165) is 11.3 Å². The monoisotopic (exact) mass is 308 g/mol. The SMILES string of the molecule is CC(Nc1ccc(C#N)c(Cl)c1)c1ccc(F)c(Cl)c1. The molecular weight excluding hydrogens is 298 g/mol. The lowest BCUT2D eigenvalue weighted by Gasteiger charge is -2.16. The van der Waals surface area contributed by atoms with Crippen LogP contribution in [0, 0.1) is 17.1 Å². The molecule has 0 aliphatic carbocycles. The van der Waals surface area contributed by atoms with Crippen molar-refractivity contribution in [3.05, 3.63) is 63.4 Å². The smallest absolute Gasteiger partial charge is 0.141 e. The molecule has 0 aliphatic heterocycles. The van der Waals surface area contributed by atoms with E-state index in [0.29, 0.717) is 10.6 Å². The van der Waals surface area contributed by atoms with Gasteiger partial charge in [0.15, 0.2) is 0 Å². The Morgan fingerprint density at radius 3 is 2.50 bits per heavy atom. The van der Waals surface area contributed by atoms with Gasteiger partial charge in [-0.1, -0.05) is 29.3 Å². The Morgan fingerprint density at radius 2 is 1.90 bits per heavy atom. The molecule has 20 heavy (non-hydrogen) atoms. The van der Waals surface area contributed by atoms with Gasteiger partial charge >= 0.3 is 0 Å². The summed E-state index contributed by atoms with van der Waals surface area (Å²) in [5, 5.41) is 12.5. The van der Waals surface area contributed by atoms with Crippen LogP contribution in [0.5, 0.6) is 0 Å². The molecule has 2 nitrogen and oxygen atoms in total. The third kappa shape index (κ3) is 3.22. The van der Waals surface area contributed by atoms with Crippen molar-refractivity contribution >= 4 is 28.9 Å². The van der Waals surface area contributed by atoms with Crippen LogP contribution < -0.4 is 5.32 Å². The molecule has 0 saturated carbocycles. The fourth-order valence-corrected chi connectivity index (χ4v) is 2.22. The topological polar surface area (TPSA) is 35.8 Å². The number of benzene rings is 2. The predicted molar refractivity (Wildman–Crippen MR) is 79.6 cm³/mol. The molecule has 0 heterocycles. The molecule has 0 aromatic heterocycles. The number of hydrogen-bond donors (Lipinski definition) is 1. The molecule has 0 radical (unpaired) electrons. The highest BCUT2D eigenvalue weighted by atomic mass is 35.5. The van der Waals surface area contributed by atoms with E-state index in [-0.39, 0.29) is 11.1 Å². The fourth-order valence-electron chi connectivity index (χ4n) is 1.81. The average molecular weight is 309 g/mol. The van der Waals surface area contributed by atoms with Gasteiger partial charge in [-0.25, -0.2) is 4.39 Å². The quantitative estimate of drug-likeness (QED) is 0.848. The van der Waals surface area contributed by atoms with Gasteiger partial charge in [0.25, 0.3) is 0 Å². The molecule has 1 atom stereocenters. The lowest BCUT2D eigenvalue weighted by Crippen LogP contribution is -2.06. The third-order valence-corrected chi connectivity index (χ3v) is 3.52. The number of nitrogens with one attached hydrogen (secondary N) is 1. The van der Waals surface area contributed by atoms with Gasteiger partial charge in [-0.3, -0.25) is 0 Å². The van der Waals surface area contributed by atoms with Gasteiger partial charge in [-0.2, -0.15) is 5.26 Å². The standard InChI is InChI=1S/C15H11Cl2FN2/c1-9(10-3-5-15(18)14(17)6-10)20-12-4-2-11(8-19)13(16)7-12/h2-7,9,20H,1H3. The summed E-state index contributed by atoms with van der Waals surface area (Å²) in [5.41, 5.74) is 2.06. The van der Waals surface area contributed by atoms with Crippen LogP contribution in [0.3, 0.4) is 0 Å². The van der Waals surface area contributed by atoms with Crippen LogP contribution in [0.25, 0.3) is 0 Å². The third-order valence-electron chi connectivity index (χ3n) is 2.92. The fraction of sp³-hybridized carbons (Fsp3) is 0.133. The second-order valence-electron chi connectivity index (χ2n) is 4.35. The van der Waals surface area contributed by atoms with Crippen LogP contribution in [0.15, 0.2) is 36.4 Å². The van der Waals surface area contributed by atoms with E-state index >= 15 is 0 Å². The first-order valence-electron chi connectivity index (χ1n) is 5.92. The number of nitriles is 1. The summed E-state index contributed by atoms with van der Waals surface area (Å²) in [5.74, 6) is -0.441. The van der Waals surface area contributed by atoms with Crippen molar-refractivity contribution in [2.24, 2.45) is 0 Å². The van der Waals surface area contributed by atoms with Gasteiger partial charge in [0, 0.05) is 11.7 Å². The zero-order chi connectivity index (χ0) is 14.7. The number of hydrogen-bond acceptors (Lipinski definition) is 2. The normalized spacial score (nSPS) is 11.8. The summed E-state index contributed by atoms with van der Waals surface area (Å²) in [6, 6.07) is 11.6. The van der Waals surface area contributed by atoms with Gasteiger partial charge in [-0.15, -0.1) is 0 Å². The molecule has 2 rings (SSSR count). The number of rotatable bonds is 3. The Balaban J connectivity index is 2.19. The molecule has 0 fully saturated rings. The van der Waals surface area contributed by atoms with E-state index in [1.54, 1.807) is 30.3 Å². The minimum atomic E-state index is -0.441. The molecule has 0 spiro atoms. The first-order chi connectivity index (χ1) is 9.51. The molecule has 0 amide bonds. The molecule has 0 saturated heterocycles. The Labute approximate surface area is 126 Å². The Hall–Kier alpha value is -1.76. The van der Waals surface area contributed by atoms with Crippen molar-refractivity contribution in [1.29, 1.82) is 5.26 Å². The van der Waals surface area contributed by atoms with Crippen molar-refractivity contribution < 1.29 is 4.39 Å². The number of halogens is 3. The van der Waals surface area contributed by atoms with Crippen molar-refractivity contribution in [2.75, 3.05) is 5.32 Å². The van der Waals surface area contributed by atoms with E-state index in [1.165, 1.54) is 6.07 Å². The van der Waals surface area contributed by atoms with Gasteiger partial charge in [0.2, 0.25) is 0 Å². The second kappa shape index (κ2) is 6.13. The lowest BCUT2D eigenvalue weighted by molar-refractivity contribution is 0.627. The molecule has 0 aliphatic rings. The van der Waals surface area contributed by atoms with E-state index in [2.05, 4.69) is 5.32 Å². The Bertz CT molecular complexity index is 680. The summed E-state index contributed by atoms with van der Waals surface area (Å²) in [6.45, 7) is 1.93. The molecule has 1 N–H and O–H groups in total. The highest BCUT2D eigenvalue weighted by molar-refractivity contribution is 6.32. The molecule has 5 heteroatoms. The summed E-state index contributed by atoms with van der Waals surface area (Å²) in [4.78, 5) is 0. The maximum absolute atomic E-state index is 13.1. The van der Waals surface area contributed by atoms with Gasteiger partial charge in [-0.05, 0) is 42.8 Å². The summed E-state index contributed by atoms with van der Waals surface area (Å²) in [6.07, 6.45) is 0. The van der Waals surface area contributed by atoms with Crippen LogP contribution in [-0.2, 0) is 0 Å². The largest absolute Gasteiger partial charge is 0.378 e. The van der Waals surface area contributed by atoms with Gasteiger partial charge in [0.1, 0.15) is 11.9 Å². The lowest BCUT2D eigenvalue weighted by atomic mass is 10.1. The minimum absolute atomic E-state index is 0.0721. The highest BCUT2D eigenvalue weighted by Gasteiger charge is 2.09. The highest BCUT2D eigenvalue weighted by Crippen LogP contribution is 2.26. The van der Waals surface area contributed by atoms with Crippen molar-refractivity contribution in [1.82, 2.24) is 0 Å². The predicted octanol–water partition coefficient (Wildman–Crippen LogP) is 5.18. The Kier molecular flexibility index (Phi) is 4.49. The van der Waals surface area contributed by atoms with Crippen LogP contribution >= 0.6 is 23.2 Å². The molecule has 2 aromatic carbocycles. The molecule has 0 bridgehead atoms. The van der Waals surface area contributed by atoms with Crippen LogP contribution in [0.1, 0.15) is 24.1 Å². The first kappa shape index (κ1) is 14.6. The van der Waals surface area contributed by atoms with E-state index in [4.69, 9.17) is 28.5 Å². The van der Waals surface area contributed by atoms with Gasteiger partial charge in [0.05, 0.1) is 15.6 Å². The molecular formula is C15H11Cl2FN2. The number of anilines is 1. The zero-order valence-corrected chi connectivity index (χ0v) is 12.1. The zero-order valence-electron chi connectivity index (χ0n) is 10.6. The van der Waals surface area contributed by atoms with Crippen LogP contribution in [0.4, 0.5) is 10.1 Å².